The topological polar surface area (TPSA) is 3.24 Å². The Hall–Kier alpha value is -0.820. The zero-order chi connectivity index (χ0) is 12.1. The highest BCUT2D eigenvalue weighted by atomic mass is 15.3. The number of rotatable bonds is 2. The van der Waals surface area contributed by atoms with Crippen molar-refractivity contribution in [2.75, 3.05) is 6.54 Å². The number of hydrogen-bond acceptors (Lipinski definition) is 1. The number of hydrogen-bond donors (Lipinski definition) is 0. The van der Waals surface area contributed by atoms with Crippen LogP contribution >= 0.6 is 0 Å². The van der Waals surface area contributed by atoms with Crippen molar-refractivity contribution in [3.05, 3.63) is 35.9 Å². The Bertz CT molecular complexity index is 409. The standard InChI is InChI=1S/C16H23N/c1-15(2)14-9-10-16(15,3)17(12-14)11-13-7-5-4-6-8-13/h4-8,14H,9-12H2,1-3H3. The Morgan fingerprint density at radius 2 is 1.88 bits per heavy atom. The van der Waals surface area contributed by atoms with Crippen molar-refractivity contribution in [2.45, 2.75) is 45.7 Å². The van der Waals surface area contributed by atoms with Gasteiger partial charge in [-0.25, -0.2) is 0 Å². The molecule has 17 heavy (non-hydrogen) atoms. The van der Waals surface area contributed by atoms with Crippen molar-refractivity contribution in [1.82, 2.24) is 4.90 Å². The Balaban J connectivity index is 1.83. The van der Waals surface area contributed by atoms with Crippen LogP contribution in [0.4, 0.5) is 0 Å². The maximum Gasteiger partial charge on any atom is 0.0239 e. The van der Waals surface area contributed by atoms with E-state index in [1.807, 2.05) is 0 Å². The summed E-state index contributed by atoms with van der Waals surface area (Å²) in [6.45, 7) is 9.82. The molecule has 1 heterocycles. The highest BCUT2D eigenvalue weighted by molar-refractivity contribution is 5.19. The van der Waals surface area contributed by atoms with Crippen LogP contribution in [0, 0.1) is 11.3 Å². The molecule has 2 atom stereocenters. The molecule has 1 aromatic carbocycles. The Morgan fingerprint density at radius 1 is 1.18 bits per heavy atom. The molecule has 0 aromatic heterocycles. The number of fused-ring (bicyclic) bond motifs is 2. The van der Waals surface area contributed by atoms with E-state index in [0.29, 0.717) is 11.0 Å². The zero-order valence-corrected chi connectivity index (χ0v) is 11.2. The van der Waals surface area contributed by atoms with E-state index in [1.165, 1.54) is 24.9 Å². The van der Waals surface area contributed by atoms with E-state index in [2.05, 4.69) is 56.0 Å². The van der Waals surface area contributed by atoms with Gasteiger partial charge in [0.2, 0.25) is 0 Å². The highest BCUT2D eigenvalue weighted by Crippen LogP contribution is 2.59. The summed E-state index contributed by atoms with van der Waals surface area (Å²) < 4.78 is 0. The minimum atomic E-state index is 0.410. The van der Waals surface area contributed by atoms with Crippen molar-refractivity contribution in [1.29, 1.82) is 0 Å². The third-order valence-electron chi connectivity index (χ3n) is 5.74. The first-order valence-electron chi connectivity index (χ1n) is 6.83. The van der Waals surface area contributed by atoms with E-state index >= 15 is 0 Å². The molecular formula is C16H23N. The molecule has 1 heteroatoms. The lowest BCUT2D eigenvalue weighted by atomic mass is 9.75. The molecular weight excluding hydrogens is 206 g/mol. The van der Waals surface area contributed by atoms with E-state index in [9.17, 15) is 0 Å². The van der Waals surface area contributed by atoms with E-state index in [4.69, 9.17) is 0 Å². The lowest BCUT2D eigenvalue weighted by Gasteiger charge is -2.41. The van der Waals surface area contributed by atoms with Gasteiger partial charge in [0.1, 0.15) is 0 Å². The fourth-order valence-electron chi connectivity index (χ4n) is 3.97. The van der Waals surface area contributed by atoms with Gasteiger partial charge in [-0.1, -0.05) is 44.2 Å². The van der Waals surface area contributed by atoms with Crippen molar-refractivity contribution in [3.8, 4) is 0 Å². The largest absolute Gasteiger partial charge is 0.293 e. The molecule has 1 saturated carbocycles. The van der Waals surface area contributed by atoms with Crippen LogP contribution < -0.4 is 0 Å². The van der Waals surface area contributed by atoms with Crippen LogP contribution in [-0.2, 0) is 6.54 Å². The quantitative estimate of drug-likeness (QED) is 0.747. The van der Waals surface area contributed by atoms with E-state index in [1.54, 1.807) is 0 Å². The third kappa shape index (κ3) is 1.48. The lowest BCUT2D eigenvalue weighted by molar-refractivity contribution is 0.0749. The summed E-state index contributed by atoms with van der Waals surface area (Å²) in [6, 6.07) is 10.9. The summed E-state index contributed by atoms with van der Waals surface area (Å²) in [7, 11) is 0. The van der Waals surface area contributed by atoms with Gasteiger partial charge in [-0.15, -0.1) is 0 Å². The molecule has 0 spiro atoms. The van der Waals surface area contributed by atoms with Gasteiger partial charge in [-0.2, -0.15) is 0 Å². The van der Waals surface area contributed by atoms with Crippen LogP contribution in [0.5, 0.6) is 0 Å². The van der Waals surface area contributed by atoms with Gasteiger partial charge in [0.15, 0.2) is 0 Å². The van der Waals surface area contributed by atoms with Gasteiger partial charge in [0.05, 0.1) is 0 Å². The third-order valence-corrected chi connectivity index (χ3v) is 5.74. The zero-order valence-electron chi connectivity index (χ0n) is 11.2. The van der Waals surface area contributed by atoms with Gasteiger partial charge in [0.25, 0.3) is 0 Å². The average molecular weight is 229 g/mol. The SMILES string of the molecule is CC1(C)C2CCC1(C)N(Cc1ccccc1)C2. The lowest BCUT2D eigenvalue weighted by Crippen LogP contribution is -2.47. The Morgan fingerprint density at radius 3 is 2.41 bits per heavy atom. The summed E-state index contributed by atoms with van der Waals surface area (Å²) in [5, 5.41) is 0. The number of benzene rings is 1. The van der Waals surface area contributed by atoms with Crippen LogP contribution in [0.25, 0.3) is 0 Å². The molecule has 3 rings (SSSR count). The van der Waals surface area contributed by atoms with Gasteiger partial charge >= 0.3 is 0 Å². The fraction of sp³-hybridized carbons (Fsp3) is 0.625. The monoisotopic (exact) mass is 229 g/mol. The molecule has 2 bridgehead atoms. The minimum Gasteiger partial charge on any atom is -0.293 e. The molecule has 1 nitrogen and oxygen atoms in total. The molecule has 2 fully saturated rings. The predicted molar refractivity (Wildman–Crippen MR) is 71.8 cm³/mol. The summed E-state index contributed by atoms with van der Waals surface area (Å²) in [4.78, 5) is 2.72. The summed E-state index contributed by atoms with van der Waals surface area (Å²) in [5.74, 6) is 0.899. The minimum absolute atomic E-state index is 0.410. The van der Waals surface area contributed by atoms with E-state index in [0.717, 1.165) is 12.5 Å². The Labute approximate surface area is 105 Å². The second-order valence-corrected chi connectivity index (χ2v) is 6.60. The molecule has 2 unspecified atom stereocenters. The second kappa shape index (κ2) is 3.58. The molecule has 0 amide bonds. The van der Waals surface area contributed by atoms with Crippen molar-refractivity contribution < 1.29 is 0 Å². The van der Waals surface area contributed by atoms with Crippen LogP contribution in [-0.4, -0.2) is 17.0 Å². The highest BCUT2D eigenvalue weighted by Gasteiger charge is 2.60. The van der Waals surface area contributed by atoms with Crippen LogP contribution in [0.3, 0.4) is 0 Å². The summed E-state index contributed by atoms with van der Waals surface area (Å²) in [5.41, 5.74) is 2.35. The van der Waals surface area contributed by atoms with E-state index in [-0.39, 0.29) is 0 Å². The number of piperidine rings is 1. The molecule has 1 saturated heterocycles. The maximum atomic E-state index is 2.72. The van der Waals surface area contributed by atoms with Crippen molar-refractivity contribution >= 4 is 0 Å². The van der Waals surface area contributed by atoms with Crippen molar-refractivity contribution in [2.24, 2.45) is 11.3 Å². The van der Waals surface area contributed by atoms with Gasteiger partial charge in [0, 0.05) is 18.6 Å². The van der Waals surface area contributed by atoms with Crippen LogP contribution in [0.15, 0.2) is 30.3 Å². The van der Waals surface area contributed by atoms with E-state index < -0.39 is 0 Å². The molecule has 92 valence electrons. The first-order valence-corrected chi connectivity index (χ1v) is 6.83. The maximum absolute atomic E-state index is 2.72. The molecule has 1 aliphatic carbocycles. The smallest absolute Gasteiger partial charge is 0.0239 e. The Kier molecular flexibility index (Phi) is 2.38. The average Bonchev–Trinajstić information content (AvgIpc) is 2.63. The first kappa shape index (κ1) is 11.3. The van der Waals surface area contributed by atoms with Gasteiger partial charge < -0.3 is 0 Å². The molecule has 1 aromatic rings. The number of nitrogens with zero attached hydrogens (tertiary/aromatic N) is 1. The number of likely N-dealkylation sites (tertiary alicyclic amines) is 1. The first-order chi connectivity index (χ1) is 8.04. The van der Waals surface area contributed by atoms with Crippen LogP contribution in [0.1, 0.15) is 39.2 Å². The normalized spacial score (nSPS) is 35.4. The predicted octanol–water partition coefficient (Wildman–Crippen LogP) is 3.70. The summed E-state index contributed by atoms with van der Waals surface area (Å²) in [6.07, 6.45) is 2.80. The van der Waals surface area contributed by atoms with Gasteiger partial charge in [-0.05, 0) is 36.7 Å². The second-order valence-electron chi connectivity index (χ2n) is 6.60. The molecule has 1 aliphatic heterocycles. The molecule has 0 N–H and O–H groups in total. The fourth-order valence-corrected chi connectivity index (χ4v) is 3.97. The van der Waals surface area contributed by atoms with Gasteiger partial charge in [-0.3, -0.25) is 4.90 Å². The molecule has 2 aliphatic rings. The van der Waals surface area contributed by atoms with Crippen molar-refractivity contribution in [3.63, 3.8) is 0 Å². The molecule has 0 radical (unpaired) electrons. The van der Waals surface area contributed by atoms with Crippen LogP contribution in [0.2, 0.25) is 0 Å². The summed E-state index contributed by atoms with van der Waals surface area (Å²) >= 11 is 0.